The number of rotatable bonds is 7. The molecule has 6 nitrogen and oxygen atoms in total. The summed E-state index contributed by atoms with van der Waals surface area (Å²) in [6.45, 7) is 2.63. The van der Waals surface area contributed by atoms with Gasteiger partial charge in [-0.25, -0.2) is 0 Å². The lowest BCUT2D eigenvalue weighted by atomic mass is 10.2. The van der Waals surface area contributed by atoms with Crippen LogP contribution in [0.15, 0.2) is 16.7 Å². The molecular formula is C16H19BrF3N5O. The van der Waals surface area contributed by atoms with Gasteiger partial charge in [-0.15, -0.1) is 0 Å². The molecule has 1 amide bonds. The van der Waals surface area contributed by atoms with E-state index in [1.54, 1.807) is 6.20 Å². The van der Waals surface area contributed by atoms with Crippen LogP contribution in [0.1, 0.15) is 42.3 Å². The second kappa shape index (κ2) is 7.42. The van der Waals surface area contributed by atoms with Gasteiger partial charge < -0.3 is 5.32 Å². The normalized spacial score (nSPS) is 14.7. The second-order valence-electron chi connectivity index (χ2n) is 6.41. The Hall–Kier alpha value is -1.84. The number of alkyl halides is 3. The van der Waals surface area contributed by atoms with Gasteiger partial charge in [0, 0.05) is 30.9 Å². The molecule has 0 spiro atoms. The summed E-state index contributed by atoms with van der Waals surface area (Å²) in [6.07, 6.45) is -0.401. The van der Waals surface area contributed by atoms with Gasteiger partial charge in [-0.2, -0.15) is 23.4 Å². The van der Waals surface area contributed by atoms with Crippen LogP contribution in [-0.2, 0) is 24.1 Å². The van der Waals surface area contributed by atoms with Crippen molar-refractivity contribution in [3.8, 4) is 0 Å². The van der Waals surface area contributed by atoms with E-state index in [1.807, 2.05) is 6.92 Å². The molecule has 3 rings (SSSR count). The van der Waals surface area contributed by atoms with Crippen molar-refractivity contribution in [3.05, 3.63) is 33.8 Å². The third-order valence-electron chi connectivity index (χ3n) is 4.16. The minimum atomic E-state index is -4.43. The summed E-state index contributed by atoms with van der Waals surface area (Å²) in [5, 5.41) is 10.6. The Kier molecular flexibility index (Phi) is 5.40. The van der Waals surface area contributed by atoms with Crippen LogP contribution in [0.2, 0.25) is 0 Å². The van der Waals surface area contributed by atoms with Crippen molar-refractivity contribution in [2.75, 3.05) is 6.54 Å². The van der Waals surface area contributed by atoms with Crippen LogP contribution in [0.3, 0.4) is 0 Å². The largest absolute Gasteiger partial charge is 0.435 e. The van der Waals surface area contributed by atoms with Crippen molar-refractivity contribution in [1.29, 1.82) is 0 Å². The van der Waals surface area contributed by atoms with Crippen LogP contribution in [-0.4, -0.2) is 32.0 Å². The number of aryl methyl sites for hydroxylation is 2. The maximum atomic E-state index is 12.9. The minimum absolute atomic E-state index is 0.0970. The molecule has 1 saturated carbocycles. The Morgan fingerprint density at radius 3 is 2.69 bits per heavy atom. The lowest BCUT2D eigenvalue weighted by molar-refractivity contribution is -0.141. The first-order valence-electron chi connectivity index (χ1n) is 8.35. The molecule has 0 unspecified atom stereocenters. The van der Waals surface area contributed by atoms with Gasteiger partial charge in [0.2, 0.25) is 5.91 Å². The predicted octanol–water partition coefficient (Wildman–Crippen LogP) is 3.25. The molecule has 142 valence electrons. The third kappa shape index (κ3) is 4.66. The summed E-state index contributed by atoms with van der Waals surface area (Å²) in [6, 6.07) is 1.15. The number of hydrogen-bond acceptors (Lipinski definition) is 3. The second-order valence-corrected chi connectivity index (χ2v) is 7.27. The molecule has 0 bridgehead atoms. The SMILES string of the molecule is Cc1nn(CC(=O)NCCCn2nc(C(F)(F)F)cc2C2CC2)cc1Br. The zero-order chi connectivity index (χ0) is 18.9. The number of halogens is 4. The Bertz CT molecular complexity index is 775. The van der Waals surface area contributed by atoms with Crippen molar-refractivity contribution in [2.45, 2.75) is 51.4 Å². The third-order valence-corrected chi connectivity index (χ3v) is 4.94. The molecule has 1 N–H and O–H groups in total. The first-order chi connectivity index (χ1) is 12.2. The highest BCUT2D eigenvalue weighted by molar-refractivity contribution is 9.10. The number of carbonyl (C=O) groups excluding carboxylic acids is 1. The van der Waals surface area contributed by atoms with Crippen LogP contribution in [0.25, 0.3) is 0 Å². The van der Waals surface area contributed by atoms with E-state index in [9.17, 15) is 18.0 Å². The summed E-state index contributed by atoms with van der Waals surface area (Å²) in [4.78, 5) is 11.9. The van der Waals surface area contributed by atoms with Crippen molar-refractivity contribution >= 4 is 21.8 Å². The van der Waals surface area contributed by atoms with Crippen molar-refractivity contribution < 1.29 is 18.0 Å². The van der Waals surface area contributed by atoms with Gasteiger partial charge >= 0.3 is 6.18 Å². The van der Waals surface area contributed by atoms with Crippen LogP contribution in [0.4, 0.5) is 13.2 Å². The summed E-state index contributed by atoms with van der Waals surface area (Å²) in [5.74, 6) is -0.0199. The van der Waals surface area contributed by atoms with E-state index in [-0.39, 0.29) is 18.4 Å². The Labute approximate surface area is 156 Å². The minimum Gasteiger partial charge on any atom is -0.354 e. The highest BCUT2D eigenvalue weighted by Crippen LogP contribution is 2.42. The summed E-state index contributed by atoms with van der Waals surface area (Å²) in [7, 11) is 0. The lowest BCUT2D eigenvalue weighted by Gasteiger charge is -2.08. The zero-order valence-electron chi connectivity index (χ0n) is 14.2. The first kappa shape index (κ1) is 18.9. The predicted molar refractivity (Wildman–Crippen MR) is 91.5 cm³/mol. The van der Waals surface area contributed by atoms with Gasteiger partial charge in [0.15, 0.2) is 5.69 Å². The smallest absolute Gasteiger partial charge is 0.354 e. The molecular weight excluding hydrogens is 415 g/mol. The molecule has 2 aromatic rings. The molecule has 2 heterocycles. The number of carbonyl (C=O) groups is 1. The fourth-order valence-corrected chi connectivity index (χ4v) is 3.01. The fourth-order valence-electron chi connectivity index (χ4n) is 2.69. The van der Waals surface area contributed by atoms with Gasteiger partial charge in [0.25, 0.3) is 0 Å². The number of hydrogen-bond donors (Lipinski definition) is 1. The van der Waals surface area contributed by atoms with E-state index < -0.39 is 11.9 Å². The Balaban J connectivity index is 1.49. The van der Waals surface area contributed by atoms with Crippen LogP contribution in [0.5, 0.6) is 0 Å². The van der Waals surface area contributed by atoms with Gasteiger partial charge in [0.1, 0.15) is 6.54 Å². The van der Waals surface area contributed by atoms with E-state index in [0.717, 1.165) is 29.1 Å². The van der Waals surface area contributed by atoms with Gasteiger partial charge in [-0.1, -0.05) is 0 Å². The zero-order valence-corrected chi connectivity index (χ0v) is 15.8. The van der Waals surface area contributed by atoms with Crippen molar-refractivity contribution in [1.82, 2.24) is 24.9 Å². The standard InChI is InChI=1S/C16H19BrF3N5O/c1-10-12(17)8-24(22-10)9-15(26)21-5-2-6-25-13(11-3-4-11)7-14(23-25)16(18,19)20/h7-8,11H,2-6,9H2,1H3,(H,21,26). The van der Waals surface area contributed by atoms with Crippen LogP contribution in [0, 0.1) is 6.92 Å². The molecule has 1 aliphatic rings. The molecule has 0 atom stereocenters. The van der Waals surface area contributed by atoms with E-state index in [2.05, 4.69) is 31.4 Å². The quantitative estimate of drug-likeness (QED) is 0.681. The first-order valence-corrected chi connectivity index (χ1v) is 9.14. The van der Waals surface area contributed by atoms with Crippen LogP contribution < -0.4 is 5.32 Å². The molecule has 0 aliphatic heterocycles. The van der Waals surface area contributed by atoms with Gasteiger partial charge in [-0.05, 0) is 48.2 Å². The highest BCUT2D eigenvalue weighted by atomic mass is 79.9. The summed E-state index contributed by atoms with van der Waals surface area (Å²) in [5.41, 5.74) is 0.591. The highest BCUT2D eigenvalue weighted by Gasteiger charge is 2.37. The molecule has 1 aliphatic carbocycles. The Morgan fingerprint density at radius 2 is 2.12 bits per heavy atom. The average molecular weight is 434 g/mol. The molecule has 0 aromatic carbocycles. The Morgan fingerprint density at radius 1 is 1.38 bits per heavy atom. The fraction of sp³-hybridized carbons (Fsp3) is 0.562. The molecule has 10 heteroatoms. The van der Waals surface area contributed by atoms with Crippen LogP contribution >= 0.6 is 15.9 Å². The van der Waals surface area contributed by atoms with E-state index in [4.69, 9.17) is 0 Å². The topological polar surface area (TPSA) is 64.7 Å². The van der Waals surface area contributed by atoms with Crippen molar-refractivity contribution in [3.63, 3.8) is 0 Å². The molecule has 2 aromatic heterocycles. The summed E-state index contributed by atoms with van der Waals surface area (Å²) < 4.78 is 42.3. The monoisotopic (exact) mass is 433 g/mol. The molecule has 26 heavy (non-hydrogen) atoms. The van der Waals surface area contributed by atoms with Gasteiger partial charge in [0.05, 0.1) is 10.2 Å². The van der Waals surface area contributed by atoms with E-state index in [0.29, 0.717) is 25.2 Å². The molecule has 0 radical (unpaired) electrons. The average Bonchev–Trinajstić information content (AvgIpc) is 3.21. The molecule has 1 fully saturated rings. The number of aromatic nitrogens is 4. The number of nitrogens with one attached hydrogen (secondary N) is 1. The maximum absolute atomic E-state index is 12.9. The van der Waals surface area contributed by atoms with E-state index in [1.165, 1.54) is 9.36 Å². The number of nitrogens with zero attached hydrogens (tertiary/aromatic N) is 4. The summed E-state index contributed by atoms with van der Waals surface area (Å²) >= 11 is 3.33. The number of amides is 1. The lowest BCUT2D eigenvalue weighted by Crippen LogP contribution is -2.29. The maximum Gasteiger partial charge on any atom is 0.435 e. The molecule has 0 saturated heterocycles. The van der Waals surface area contributed by atoms with E-state index >= 15 is 0 Å². The van der Waals surface area contributed by atoms with Crippen molar-refractivity contribution in [2.24, 2.45) is 0 Å². The van der Waals surface area contributed by atoms with Gasteiger partial charge in [-0.3, -0.25) is 14.2 Å².